The molecule has 1 aliphatic carbocycles. The molecule has 3 aliphatic rings. The minimum atomic E-state index is -0.173. The molecule has 0 radical (unpaired) electrons. The van der Waals surface area contributed by atoms with Crippen molar-refractivity contribution in [1.29, 1.82) is 0 Å². The van der Waals surface area contributed by atoms with Gasteiger partial charge in [-0.2, -0.15) is 0 Å². The van der Waals surface area contributed by atoms with Crippen LogP contribution < -0.4 is 15.7 Å². The van der Waals surface area contributed by atoms with Gasteiger partial charge in [0.05, 0.1) is 16.4 Å². The molecule has 14 rings (SSSR count). The standard InChI is InChI=1S/C59H47BN2OS/c1-57(2,3)32-21-24-34(25-22-32)62-46-30-43-38(35-15-9-12-18-42(35)59(43,7)8)28-41(46)51-52-37-17-10-13-19-48(37)63-56(52)53-40-27-33(58(4,5)6)23-26-45(40)61-47-31-50-39(36-16-11-14-20-49(36)64-50)29-44(47)60(62)54(51)55(53)61/h9-31H,1-8H3. The zero-order valence-corrected chi connectivity index (χ0v) is 38.4. The zero-order valence-electron chi connectivity index (χ0n) is 37.6. The minimum absolute atomic E-state index is 0.0254. The monoisotopic (exact) mass is 842 g/mol. The van der Waals surface area contributed by atoms with E-state index in [4.69, 9.17) is 4.42 Å². The predicted molar refractivity (Wildman–Crippen MR) is 275 cm³/mol. The molecule has 0 saturated carbocycles. The van der Waals surface area contributed by atoms with Gasteiger partial charge in [0.15, 0.2) is 0 Å². The average molecular weight is 843 g/mol. The number of rotatable bonds is 1. The summed E-state index contributed by atoms with van der Waals surface area (Å²) in [5, 5.41) is 7.47. The number of para-hydroxylation sites is 1. The molecule has 3 aromatic heterocycles. The maximum atomic E-state index is 7.26. The molecule has 8 aromatic carbocycles. The number of nitrogens with zero attached hydrogens (tertiary/aromatic N) is 2. The normalized spacial score (nSPS) is 14.9. The second-order valence-corrected chi connectivity index (χ2v) is 22.4. The van der Waals surface area contributed by atoms with Gasteiger partial charge in [-0.3, -0.25) is 0 Å². The first-order valence-corrected chi connectivity index (χ1v) is 23.7. The number of anilines is 2. The van der Waals surface area contributed by atoms with Crippen LogP contribution in [-0.4, -0.2) is 11.4 Å². The minimum Gasteiger partial charge on any atom is -0.455 e. The van der Waals surface area contributed by atoms with E-state index in [1.807, 2.05) is 11.3 Å². The first-order chi connectivity index (χ1) is 30.8. The molecule has 308 valence electrons. The van der Waals surface area contributed by atoms with Crippen LogP contribution in [0.25, 0.3) is 91.9 Å². The van der Waals surface area contributed by atoms with Crippen LogP contribution in [0.15, 0.2) is 144 Å². The van der Waals surface area contributed by atoms with Gasteiger partial charge < -0.3 is 13.8 Å². The Balaban J connectivity index is 1.23. The van der Waals surface area contributed by atoms with Gasteiger partial charge in [-0.25, -0.2) is 0 Å². The molecule has 5 heteroatoms. The van der Waals surface area contributed by atoms with Crippen molar-refractivity contribution >= 4 is 104 Å². The number of benzene rings is 8. The number of hydrogen-bond donors (Lipinski definition) is 0. The van der Waals surface area contributed by atoms with Gasteiger partial charge in [-0.05, 0) is 115 Å². The van der Waals surface area contributed by atoms with E-state index in [0.29, 0.717) is 0 Å². The largest absolute Gasteiger partial charge is 0.455 e. The zero-order chi connectivity index (χ0) is 43.3. The van der Waals surface area contributed by atoms with Crippen molar-refractivity contribution < 1.29 is 4.42 Å². The van der Waals surface area contributed by atoms with Crippen LogP contribution in [0.5, 0.6) is 0 Å². The highest BCUT2D eigenvalue weighted by Gasteiger charge is 2.48. The summed E-state index contributed by atoms with van der Waals surface area (Å²) in [4.78, 5) is 2.72. The van der Waals surface area contributed by atoms with Crippen LogP contribution >= 0.6 is 11.3 Å². The van der Waals surface area contributed by atoms with Crippen molar-refractivity contribution in [2.75, 3.05) is 4.81 Å². The Labute approximate surface area is 377 Å². The number of aromatic nitrogens is 1. The molecule has 0 unspecified atom stereocenters. The summed E-state index contributed by atoms with van der Waals surface area (Å²) in [5.74, 6) is 0. The molecule has 0 bridgehead atoms. The molecule has 0 spiro atoms. The van der Waals surface area contributed by atoms with Gasteiger partial charge in [0.25, 0.3) is 0 Å². The fraction of sp³-hybridized carbons (Fsp3) is 0.186. The fourth-order valence-corrected chi connectivity index (χ4v) is 13.2. The lowest BCUT2D eigenvalue weighted by Crippen LogP contribution is -2.60. The Morgan fingerprint density at radius 2 is 1.28 bits per heavy atom. The van der Waals surface area contributed by atoms with Gasteiger partial charge in [-0.1, -0.05) is 140 Å². The Morgan fingerprint density at radius 3 is 2.08 bits per heavy atom. The van der Waals surface area contributed by atoms with E-state index in [2.05, 4.69) is 204 Å². The predicted octanol–water partition coefficient (Wildman–Crippen LogP) is 15.2. The highest BCUT2D eigenvalue weighted by Crippen LogP contribution is 2.57. The van der Waals surface area contributed by atoms with Crippen LogP contribution in [0.4, 0.5) is 11.4 Å². The molecule has 0 N–H and O–H groups in total. The highest BCUT2D eigenvalue weighted by molar-refractivity contribution is 7.26. The number of hydrogen-bond acceptors (Lipinski definition) is 3. The second kappa shape index (κ2) is 12.0. The van der Waals surface area contributed by atoms with E-state index < -0.39 is 0 Å². The maximum Gasteiger partial charge on any atom is 0.333 e. The quantitative estimate of drug-likeness (QED) is 0.154. The lowest BCUT2D eigenvalue weighted by molar-refractivity contribution is 0.590. The Hall–Kier alpha value is -6.56. The van der Waals surface area contributed by atoms with Crippen molar-refractivity contribution in [3.63, 3.8) is 0 Å². The molecule has 64 heavy (non-hydrogen) atoms. The highest BCUT2D eigenvalue weighted by atomic mass is 32.1. The fourth-order valence-electron chi connectivity index (χ4n) is 12.1. The SMILES string of the molecule is CC(C)(C)c1ccc(N2B3c4cc5c(cc4-n4c6ccc(C(C)(C)C)cc6c6c7oc8ccccc8c7c(c3c64)-c3cc4c(cc32)C(C)(C)c2ccccc2-4)sc2ccccc25)cc1. The van der Waals surface area contributed by atoms with E-state index in [9.17, 15) is 0 Å². The van der Waals surface area contributed by atoms with Crippen molar-refractivity contribution in [1.82, 2.24) is 4.57 Å². The topological polar surface area (TPSA) is 21.3 Å². The first-order valence-electron chi connectivity index (χ1n) is 22.9. The van der Waals surface area contributed by atoms with Crippen LogP contribution in [0.2, 0.25) is 0 Å². The summed E-state index contributed by atoms with van der Waals surface area (Å²) in [6, 6.07) is 53.7. The third kappa shape index (κ3) is 4.58. The van der Waals surface area contributed by atoms with Crippen LogP contribution in [0.1, 0.15) is 77.6 Å². The van der Waals surface area contributed by atoms with Gasteiger partial charge >= 0.3 is 6.85 Å². The summed E-state index contributed by atoms with van der Waals surface area (Å²) in [6.07, 6.45) is 0. The van der Waals surface area contributed by atoms with Crippen molar-refractivity contribution in [2.24, 2.45) is 0 Å². The van der Waals surface area contributed by atoms with Gasteiger partial charge in [0, 0.05) is 64.4 Å². The third-order valence-corrected chi connectivity index (χ3v) is 16.4. The lowest BCUT2D eigenvalue weighted by Gasteiger charge is -2.43. The van der Waals surface area contributed by atoms with E-state index in [1.165, 1.54) is 120 Å². The Morgan fingerprint density at radius 1 is 0.562 bits per heavy atom. The first kappa shape index (κ1) is 36.9. The molecule has 0 saturated heterocycles. The van der Waals surface area contributed by atoms with Crippen LogP contribution in [0, 0.1) is 0 Å². The van der Waals surface area contributed by atoms with E-state index in [1.54, 1.807) is 0 Å². The molecule has 5 heterocycles. The van der Waals surface area contributed by atoms with Crippen molar-refractivity contribution in [3.05, 3.63) is 162 Å². The van der Waals surface area contributed by atoms with Gasteiger partial charge in [-0.15, -0.1) is 11.3 Å². The molecule has 2 aliphatic heterocycles. The smallest absolute Gasteiger partial charge is 0.333 e. The summed E-state index contributed by atoms with van der Waals surface area (Å²) in [5.41, 5.74) is 21.2. The summed E-state index contributed by atoms with van der Waals surface area (Å²) >= 11 is 1.90. The van der Waals surface area contributed by atoms with Crippen LogP contribution in [-0.2, 0) is 16.2 Å². The van der Waals surface area contributed by atoms with Crippen molar-refractivity contribution in [3.8, 4) is 27.9 Å². The Bertz CT molecular complexity index is 3900. The molecular formula is C59H47BN2OS. The third-order valence-electron chi connectivity index (χ3n) is 15.3. The summed E-state index contributed by atoms with van der Waals surface area (Å²) in [6.45, 7) is 18.6. The molecule has 3 nitrogen and oxygen atoms in total. The molecule has 0 fully saturated rings. The second-order valence-electron chi connectivity index (χ2n) is 21.3. The van der Waals surface area contributed by atoms with Crippen LogP contribution in [0.3, 0.4) is 0 Å². The molecule has 0 amide bonds. The van der Waals surface area contributed by atoms with Gasteiger partial charge in [0.1, 0.15) is 11.2 Å². The number of furan rings is 1. The van der Waals surface area contributed by atoms with Gasteiger partial charge in [0.2, 0.25) is 0 Å². The summed E-state index contributed by atoms with van der Waals surface area (Å²) in [7, 11) is 0. The maximum absolute atomic E-state index is 7.26. The summed E-state index contributed by atoms with van der Waals surface area (Å²) < 4.78 is 12.5. The van der Waals surface area contributed by atoms with E-state index >= 15 is 0 Å². The molecule has 11 aromatic rings. The number of fused-ring (bicyclic) bond motifs is 19. The lowest BCUT2D eigenvalue weighted by atomic mass is 9.43. The van der Waals surface area contributed by atoms with Crippen molar-refractivity contribution in [2.45, 2.75) is 71.6 Å². The molecule has 0 atom stereocenters. The Kier molecular flexibility index (Phi) is 6.89. The van der Waals surface area contributed by atoms with E-state index in [-0.39, 0.29) is 23.1 Å². The molecular weight excluding hydrogens is 796 g/mol. The average Bonchev–Trinajstić information content (AvgIpc) is 4.01. The number of thiophene rings is 1. The van der Waals surface area contributed by atoms with E-state index in [0.717, 1.165) is 16.6 Å².